The van der Waals surface area contributed by atoms with E-state index in [0.717, 1.165) is 12.1 Å². The van der Waals surface area contributed by atoms with Gasteiger partial charge in [-0.2, -0.15) is 0 Å². The first-order valence-electron chi connectivity index (χ1n) is 12.2. The van der Waals surface area contributed by atoms with Crippen molar-refractivity contribution in [2.24, 2.45) is 0 Å². The Morgan fingerprint density at radius 3 is 2.14 bits per heavy atom. The lowest BCUT2D eigenvalue weighted by atomic mass is 9.91. The fourth-order valence-electron chi connectivity index (χ4n) is 5.53. The average molecular weight is 466 g/mol. The Labute approximate surface area is 206 Å². The molecule has 35 heavy (non-hydrogen) atoms. The highest BCUT2D eigenvalue weighted by molar-refractivity contribution is 7.73. The number of benzene rings is 5. The molecule has 0 saturated carbocycles. The zero-order chi connectivity index (χ0) is 23.2. The fraction of sp³-hybridized carbons (Fsp3) is 0.0606. The molecule has 0 bridgehead atoms. The third-order valence-electron chi connectivity index (χ3n) is 7.15. The summed E-state index contributed by atoms with van der Waals surface area (Å²) in [6.45, 7) is 0. The molecule has 5 aromatic carbocycles. The maximum atomic E-state index is 5.05. The Morgan fingerprint density at radius 2 is 1.40 bits per heavy atom. The molecule has 0 saturated heterocycles. The summed E-state index contributed by atoms with van der Waals surface area (Å²) in [7, 11) is -0.518. The largest absolute Gasteiger partial charge is 0.256 e. The van der Waals surface area contributed by atoms with E-state index in [-0.39, 0.29) is 0 Å². The highest BCUT2D eigenvalue weighted by atomic mass is 31.1. The van der Waals surface area contributed by atoms with E-state index in [1.165, 1.54) is 48.5 Å². The molecule has 0 fully saturated rings. The summed E-state index contributed by atoms with van der Waals surface area (Å²) < 4.78 is 0. The van der Waals surface area contributed by atoms with E-state index in [1.54, 1.807) is 0 Å². The third-order valence-corrected chi connectivity index (χ3v) is 9.88. The van der Waals surface area contributed by atoms with Gasteiger partial charge in [-0.3, -0.25) is 4.98 Å². The molecule has 0 amide bonds. The molecular formula is C33H24NP. The van der Waals surface area contributed by atoms with Crippen LogP contribution >= 0.6 is 7.92 Å². The van der Waals surface area contributed by atoms with Crippen molar-refractivity contribution in [1.29, 1.82) is 0 Å². The predicted molar refractivity (Wildman–Crippen MR) is 153 cm³/mol. The topological polar surface area (TPSA) is 12.9 Å². The molecule has 7 rings (SSSR count). The van der Waals surface area contributed by atoms with Gasteiger partial charge < -0.3 is 0 Å². The molecule has 1 aromatic heterocycles. The Hall–Kier alpha value is -3.80. The van der Waals surface area contributed by atoms with E-state index < -0.39 is 7.92 Å². The smallest absolute Gasteiger partial charge is 0.0708 e. The number of nitrogens with zero attached hydrogens (tertiary/aromatic N) is 1. The molecule has 0 N–H and O–H groups in total. The molecule has 2 unspecified atom stereocenters. The van der Waals surface area contributed by atoms with Gasteiger partial charge in [0.15, 0.2) is 0 Å². The first-order chi connectivity index (χ1) is 17.4. The van der Waals surface area contributed by atoms with E-state index >= 15 is 0 Å². The van der Waals surface area contributed by atoms with Gasteiger partial charge in [-0.05, 0) is 63.3 Å². The van der Waals surface area contributed by atoms with Crippen LogP contribution in [0.4, 0.5) is 0 Å². The van der Waals surface area contributed by atoms with Crippen molar-refractivity contribution in [2.45, 2.75) is 12.1 Å². The van der Waals surface area contributed by atoms with Crippen LogP contribution in [0.5, 0.6) is 0 Å². The number of aromatic nitrogens is 1. The summed E-state index contributed by atoms with van der Waals surface area (Å²) in [6.07, 6.45) is 12.2. The first kappa shape index (κ1) is 20.6. The summed E-state index contributed by atoms with van der Waals surface area (Å²) in [6, 6.07) is 35.5. The van der Waals surface area contributed by atoms with Crippen LogP contribution < -0.4 is 10.6 Å². The predicted octanol–water partition coefficient (Wildman–Crippen LogP) is 7.96. The molecule has 1 aliphatic carbocycles. The minimum Gasteiger partial charge on any atom is -0.256 e. The summed E-state index contributed by atoms with van der Waals surface area (Å²) in [5.74, 6) is 0. The zero-order valence-electron chi connectivity index (χ0n) is 19.3. The summed E-state index contributed by atoms with van der Waals surface area (Å²) >= 11 is 0. The molecule has 2 heteroatoms. The standard InChI is InChI=1S/C33H24NP/c1-3-10-26(11-4-1)35(27-12-5-2-6-13-27)28-18-21-31(34-22-28)29-19-16-25-15-14-23-8-7-9-24-17-20-30(29)33(25)32(23)24/h1-12,14-22,27H,13H2. The van der Waals surface area contributed by atoms with Crippen molar-refractivity contribution < 1.29 is 0 Å². The second kappa shape index (κ2) is 8.45. The molecule has 1 aliphatic rings. The molecule has 166 valence electrons. The maximum absolute atomic E-state index is 5.05. The number of pyridine rings is 1. The SMILES string of the molecule is C1=CCC(P(c2ccccc2)c2ccc(-c3ccc4ccc5cccc6ccc3c4c56)nc2)C=C1. The van der Waals surface area contributed by atoms with Crippen molar-refractivity contribution >= 4 is 50.8 Å². The molecule has 6 aromatic rings. The van der Waals surface area contributed by atoms with Crippen LogP contribution in [-0.4, -0.2) is 10.6 Å². The maximum Gasteiger partial charge on any atom is 0.0708 e. The lowest BCUT2D eigenvalue weighted by molar-refractivity contribution is 1.05. The summed E-state index contributed by atoms with van der Waals surface area (Å²) in [5, 5.41) is 10.6. The molecule has 1 nitrogen and oxygen atoms in total. The van der Waals surface area contributed by atoms with Crippen LogP contribution in [0.15, 0.2) is 128 Å². The van der Waals surface area contributed by atoms with Crippen LogP contribution in [0.2, 0.25) is 0 Å². The zero-order valence-corrected chi connectivity index (χ0v) is 20.2. The Morgan fingerprint density at radius 1 is 0.629 bits per heavy atom. The van der Waals surface area contributed by atoms with Gasteiger partial charge in [0.05, 0.1) is 5.69 Å². The van der Waals surface area contributed by atoms with Gasteiger partial charge in [-0.15, -0.1) is 0 Å². The number of hydrogen-bond donors (Lipinski definition) is 0. The van der Waals surface area contributed by atoms with E-state index in [0.29, 0.717) is 5.66 Å². The molecular weight excluding hydrogens is 441 g/mol. The minimum absolute atomic E-state index is 0.500. The molecule has 0 radical (unpaired) electrons. The average Bonchev–Trinajstić information content (AvgIpc) is 2.93. The number of rotatable bonds is 4. The highest BCUT2D eigenvalue weighted by Gasteiger charge is 2.23. The summed E-state index contributed by atoms with van der Waals surface area (Å²) in [5.41, 5.74) is 2.74. The van der Waals surface area contributed by atoms with Gasteiger partial charge in [0, 0.05) is 17.4 Å². The van der Waals surface area contributed by atoms with Crippen molar-refractivity contribution in [2.75, 3.05) is 0 Å². The molecule has 0 spiro atoms. The number of allylic oxidation sites excluding steroid dienone is 4. The van der Waals surface area contributed by atoms with Gasteiger partial charge in [0.2, 0.25) is 0 Å². The van der Waals surface area contributed by atoms with Crippen LogP contribution in [0, 0.1) is 0 Å². The Balaban J connectivity index is 1.35. The monoisotopic (exact) mass is 465 g/mol. The van der Waals surface area contributed by atoms with Gasteiger partial charge in [-0.25, -0.2) is 0 Å². The molecule has 2 atom stereocenters. The fourth-order valence-corrected chi connectivity index (χ4v) is 8.10. The van der Waals surface area contributed by atoms with Crippen LogP contribution in [0.1, 0.15) is 6.42 Å². The quantitative estimate of drug-likeness (QED) is 0.190. The van der Waals surface area contributed by atoms with E-state index in [9.17, 15) is 0 Å². The second-order valence-corrected chi connectivity index (χ2v) is 11.6. The van der Waals surface area contributed by atoms with E-state index in [4.69, 9.17) is 4.98 Å². The highest BCUT2D eigenvalue weighted by Crippen LogP contribution is 2.43. The van der Waals surface area contributed by atoms with Gasteiger partial charge in [0.1, 0.15) is 0 Å². The van der Waals surface area contributed by atoms with E-state index in [2.05, 4.69) is 128 Å². The van der Waals surface area contributed by atoms with Crippen molar-refractivity contribution in [3.05, 3.63) is 128 Å². The van der Waals surface area contributed by atoms with E-state index in [1.807, 2.05) is 0 Å². The molecule has 1 heterocycles. The van der Waals surface area contributed by atoms with Crippen LogP contribution in [-0.2, 0) is 0 Å². The van der Waals surface area contributed by atoms with Crippen LogP contribution in [0.3, 0.4) is 0 Å². The Kier molecular flexibility index (Phi) is 4.96. The van der Waals surface area contributed by atoms with Gasteiger partial charge in [-0.1, -0.05) is 115 Å². The Bertz CT molecular complexity index is 1700. The third kappa shape index (κ3) is 3.47. The lowest BCUT2D eigenvalue weighted by Gasteiger charge is -2.26. The van der Waals surface area contributed by atoms with Crippen molar-refractivity contribution in [3.8, 4) is 11.3 Å². The minimum atomic E-state index is -0.518. The van der Waals surface area contributed by atoms with Crippen LogP contribution in [0.25, 0.3) is 43.6 Å². The van der Waals surface area contributed by atoms with Gasteiger partial charge in [0.25, 0.3) is 0 Å². The first-order valence-corrected chi connectivity index (χ1v) is 13.6. The van der Waals surface area contributed by atoms with Gasteiger partial charge >= 0.3 is 0 Å². The van der Waals surface area contributed by atoms with Crippen molar-refractivity contribution in [3.63, 3.8) is 0 Å². The summed E-state index contributed by atoms with van der Waals surface area (Å²) in [4.78, 5) is 5.05. The molecule has 0 aliphatic heterocycles. The normalized spacial score (nSPS) is 16.4. The number of hydrogen-bond acceptors (Lipinski definition) is 1. The second-order valence-electron chi connectivity index (χ2n) is 9.19. The van der Waals surface area contributed by atoms with Crippen molar-refractivity contribution in [1.82, 2.24) is 4.98 Å². The lowest BCUT2D eigenvalue weighted by Crippen LogP contribution is -2.21.